The van der Waals surface area contributed by atoms with Crippen LogP contribution in [-0.4, -0.2) is 70.2 Å². The molecule has 1 amide bonds. The molecule has 2 saturated heterocycles. The van der Waals surface area contributed by atoms with Gasteiger partial charge in [-0.3, -0.25) is 4.90 Å². The molecular formula is C25H33N5O2. The number of hydrogen-bond donors (Lipinski definition) is 0. The molecule has 0 unspecified atom stereocenters. The molecule has 2 aromatic rings. The zero-order valence-electron chi connectivity index (χ0n) is 19.3. The second kappa shape index (κ2) is 8.35. The number of likely N-dealkylation sites (tertiary alicyclic amines) is 1. The third-order valence-electron chi connectivity index (χ3n) is 7.22. The van der Waals surface area contributed by atoms with Gasteiger partial charge in [0.1, 0.15) is 6.10 Å². The predicted molar refractivity (Wildman–Crippen MR) is 123 cm³/mol. The quantitative estimate of drug-likeness (QED) is 0.733. The maximum atomic E-state index is 12.9. The van der Waals surface area contributed by atoms with Gasteiger partial charge in [0.25, 0.3) is 0 Å². The lowest BCUT2D eigenvalue weighted by molar-refractivity contribution is -0.137. The van der Waals surface area contributed by atoms with Crippen LogP contribution in [0.25, 0.3) is 0 Å². The number of ether oxygens (including phenoxy) is 1. The fourth-order valence-corrected chi connectivity index (χ4v) is 5.55. The van der Waals surface area contributed by atoms with Gasteiger partial charge in [-0.1, -0.05) is 30.3 Å². The van der Waals surface area contributed by atoms with E-state index in [2.05, 4.69) is 63.9 Å². The maximum absolute atomic E-state index is 12.9. The largest absolute Gasteiger partial charge is 0.446 e. The minimum absolute atomic E-state index is 0.0573. The molecule has 2 aliphatic heterocycles. The highest BCUT2D eigenvalue weighted by molar-refractivity contribution is 5.69. The van der Waals surface area contributed by atoms with Gasteiger partial charge in [-0.05, 0) is 45.2 Å². The highest BCUT2D eigenvalue weighted by atomic mass is 16.6. The third-order valence-corrected chi connectivity index (χ3v) is 7.22. The molecule has 1 aliphatic carbocycles. The van der Waals surface area contributed by atoms with Gasteiger partial charge in [0.2, 0.25) is 5.95 Å². The number of carbonyl (C=O) groups is 1. The van der Waals surface area contributed by atoms with Crippen molar-refractivity contribution in [1.29, 1.82) is 0 Å². The van der Waals surface area contributed by atoms with Crippen molar-refractivity contribution in [3.05, 3.63) is 53.9 Å². The number of carbonyl (C=O) groups excluding carboxylic acids is 1. The Balaban J connectivity index is 1.09. The van der Waals surface area contributed by atoms with Crippen LogP contribution in [0.2, 0.25) is 0 Å². The molecule has 32 heavy (non-hydrogen) atoms. The molecule has 7 heteroatoms. The van der Waals surface area contributed by atoms with Crippen LogP contribution in [0, 0.1) is 12.3 Å². The maximum Gasteiger partial charge on any atom is 0.410 e. The van der Waals surface area contributed by atoms with E-state index in [1.165, 1.54) is 5.56 Å². The predicted octanol–water partition coefficient (Wildman–Crippen LogP) is 3.49. The molecule has 5 rings (SSSR count). The molecule has 3 heterocycles. The third kappa shape index (κ3) is 4.18. The Morgan fingerprint density at radius 3 is 2.56 bits per heavy atom. The van der Waals surface area contributed by atoms with E-state index in [4.69, 9.17) is 4.74 Å². The first-order valence-corrected chi connectivity index (χ1v) is 11.7. The fourth-order valence-electron chi connectivity index (χ4n) is 5.55. The molecule has 3 aliphatic rings. The van der Waals surface area contributed by atoms with Crippen molar-refractivity contribution in [2.75, 3.05) is 31.1 Å². The number of anilines is 1. The lowest BCUT2D eigenvalue weighted by atomic mass is 9.61. The molecule has 170 valence electrons. The van der Waals surface area contributed by atoms with Gasteiger partial charge in [0.15, 0.2) is 0 Å². The van der Waals surface area contributed by atoms with E-state index < -0.39 is 0 Å². The lowest BCUT2D eigenvalue weighted by Crippen LogP contribution is -2.64. The molecule has 1 aromatic carbocycles. The Morgan fingerprint density at radius 2 is 1.84 bits per heavy atom. The van der Waals surface area contributed by atoms with Crippen molar-refractivity contribution in [2.24, 2.45) is 5.41 Å². The second-order valence-electron chi connectivity index (χ2n) is 10.0. The first-order valence-electron chi connectivity index (χ1n) is 11.7. The molecule has 3 fully saturated rings. The number of aryl methyl sites for hydroxylation is 1. The summed E-state index contributed by atoms with van der Waals surface area (Å²) in [5.74, 6) is 0.739. The van der Waals surface area contributed by atoms with Gasteiger partial charge in [0.05, 0.1) is 0 Å². The molecule has 2 atom stereocenters. The lowest BCUT2D eigenvalue weighted by Gasteiger charge is -2.58. The summed E-state index contributed by atoms with van der Waals surface area (Å²) < 4.78 is 5.91. The van der Waals surface area contributed by atoms with Crippen LogP contribution < -0.4 is 4.90 Å². The highest BCUT2D eigenvalue weighted by Crippen LogP contribution is 2.50. The standard InChI is InChI=1S/C25H33N5O2/c1-18-9-10-26-23(27-18)29-13-20(3)30(14-19(29)2)24(31)32-22-11-25(12-22)16-28(17-25)15-21-7-5-4-6-8-21/h4-10,19-20,22H,11-17H2,1-3H3/t19-,20+/m0/s1. The number of rotatable bonds is 4. The van der Waals surface area contributed by atoms with E-state index in [0.29, 0.717) is 18.5 Å². The number of piperazine rings is 1. The molecular weight excluding hydrogens is 402 g/mol. The normalized spacial score (nSPS) is 25.3. The van der Waals surface area contributed by atoms with Crippen molar-refractivity contribution < 1.29 is 9.53 Å². The summed E-state index contributed by atoms with van der Waals surface area (Å²) in [4.78, 5) is 28.5. The van der Waals surface area contributed by atoms with Crippen LogP contribution in [-0.2, 0) is 11.3 Å². The van der Waals surface area contributed by atoms with Gasteiger partial charge in [0, 0.05) is 62.1 Å². The summed E-state index contributed by atoms with van der Waals surface area (Å²) in [5, 5.41) is 0. The van der Waals surface area contributed by atoms with Gasteiger partial charge in [-0.15, -0.1) is 0 Å². The summed E-state index contributed by atoms with van der Waals surface area (Å²) in [6, 6.07) is 12.7. The molecule has 7 nitrogen and oxygen atoms in total. The number of nitrogens with zero attached hydrogens (tertiary/aromatic N) is 5. The van der Waals surface area contributed by atoms with Crippen molar-refractivity contribution in [1.82, 2.24) is 19.8 Å². The van der Waals surface area contributed by atoms with Gasteiger partial charge < -0.3 is 14.5 Å². The van der Waals surface area contributed by atoms with Crippen LogP contribution in [0.1, 0.15) is 37.9 Å². The Labute approximate surface area is 190 Å². The summed E-state index contributed by atoms with van der Waals surface area (Å²) in [6.07, 6.45) is 3.66. The van der Waals surface area contributed by atoms with Crippen LogP contribution in [0.3, 0.4) is 0 Å². The van der Waals surface area contributed by atoms with E-state index >= 15 is 0 Å². The number of amides is 1. The number of aromatic nitrogens is 2. The van der Waals surface area contributed by atoms with E-state index in [1.54, 1.807) is 6.20 Å². The molecule has 1 spiro atoms. The average molecular weight is 436 g/mol. The Kier molecular flexibility index (Phi) is 5.53. The zero-order chi connectivity index (χ0) is 22.3. The smallest absolute Gasteiger partial charge is 0.410 e. The van der Waals surface area contributed by atoms with Crippen LogP contribution in [0.15, 0.2) is 42.6 Å². The summed E-state index contributed by atoms with van der Waals surface area (Å²) in [5.41, 5.74) is 2.68. The first kappa shape index (κ1) is 21.2. The molecule has 0 radical (unpaired) electrons. The van der Waals surface area contributed by atoms with Crippen molar-refractivity contribution in [3.8, 4) is 0 Å². The Morgan fingerprint density at radius 1 is 1.09 bits per heavy atom. The SMILES string of the molecule is Cc1ccnc(N2C[C@@H](C)N(C(=O)OC3CC4(C3)CN(Cc3ccccc3)C4)C[C@@H]2C)n1. The minimum atomic E-state index is -0.172. The molecule has 1 saturated carbocycles. The second-order valence-corrected chi connectivity index (χ2v) is 10.0. The summed E-state index contributed by atoms with van der Waals surface area (Å²) in [6.45, 7) is 10.7. The van der Waals surface area contributed by atoms with E-state index in [9.17, 15) is 4.79 Å². The monoisotopic (exact) mass is 435 g/mol. The van der Waals surface area contributed by atoms with Gasteiger partial charge >= 0.3 is 6.09 Å². The minimum Gasteiger partial charge on any atom is -0.446 e. The average Bonchev–Trinajstić information content (AvgIpc) is 2.72. The highest BCUT2D eigenvalue weighted by Gasteiger charge is 2.54. The Hall–Kier alpha value is -2.67. The van der Waals surface area contributed by atoms with Gasteiger partial charge in [-0.25, -0.2) is 14.8 Å². The number of hydrogen-bond acceptors (Lipinski definition) is 6. The van der Waals surface area contributed by atoms with Crippen molar-refractivity contribution in [3.63, 3.8) is 0 Å². The van der Waals surface area contributed by atoms with Gasteiger partial charge in [-0.2, -0.15) is 0 Å². The zero-order valence-corrected chi connectivity index (χ0v) is 19.3. The molecule has 1 aromatic heterocycles. The summed E-state index contributed by atoms with van der Waals surface area (Å²) >= 11 is 0. The first-order chi connectivity index (χ1) is 15.4. The summed E-state index contributed by atoms with van der Waals surface area (Å²) in [7, 11) is 0. The van der Waals surface area contributed by atoms with Crippen molar-refractivity contribution in [2.45, 2.75) is 58.3 Å². The van der Waals surface area contributed by atoms with Crippen LogP contribution in [0.4, 0.5) is 10.7 Å². The van der Waals surface area contributed by atoms with E-state index in [1.807, 2.05) is 17.9 Å². The fraction of sp³-hybridized carbons (Fsp3) is 0.560. The van der Waals surface area contributed by atoms with E-state index in [0.717, 1.165) is 44.1 Å². The molecule has 0 bridgehead atoms. The van der Waals surface area contributed by atoms with Crippen molar-refractivity contribution >= 4 is 12.0 Å². The Bertz CT molecular complexity index is 954. The van der Waals surface area contributed by atoms with Crippen LogP contribution in [0.5, 0.6) is 0 Å². The van der Waals surface area contributed by atoms with Crippen LogP contribution >= 0.6 is 0 Å². The molecule has 0 N–H and O–H groups in total. The topological polar surface area (TPSA) is 61.8 Å². The number of benzene rings is 1. The van der Waals surface area contributed by atoms with E-state index in [-0.39, 0.29) is 24.3 Å².